The predicted molar refractivity (Wildman–Crippen MR) is 49.9 cm³/mol. The Bertz CT molecular complexity index is 88.9. The molecule has 1 aliphatic heterocycles. The molecule has 0 amide bonds. The quantitative estimate of drug-likeness (QED) is 0.364. The van der Waals surface area contributed by atoms with Crippen molar-refractivity contribution in [2.45, 2.75) is 12.6 Å². The second-order valence-electron chi connectivity index (χ2n) is 2.67. The Labute approximate surface area is 62.9 Å². The van der Waals surface area contributed by atoms with Gasteiger partial charge in [0.1, 0.15) is 0 Å². The normalized spacial score (nSPS) is 16.9. The molecule has 1 saturated heterocycles. The van der Waals surface area contributed by atoms with Gasteiger partial charge in [0.05, 0.1) is 13.0 Å². The van der Waals surface area contributed by atoms with Gasteiger partial charge in [-0.25, -0.2) is 0 Å². The summed E-state index contributed by atoms with van der Waals surface area (Å²) in [6, 6.07) is 0. The molecule has 1 aliphatic rings. The van der Waals surface area contributed by atoms with Gasteiger partial charge in [-0.3, -0.25) is 0 Å². The van der Waals surface area contributed by atoms with E-state index in [1.165, 1.54) is 0 Å². The van der Waals surface area contributed by atoms with E-state index in [0.29, 0.717) is 13.0 Å². The summed E-state index contributed by atoms with van der Waals surface area (Å²) in [5, 5.41) is 0. The second-order valence-corrected chi connectivity index (χ2v) is 2.67. The van der Waals surface area contributed by atoms with Crippen LogP contribution in [0.1, 0.15) is 0 Å². The topological polar surface area (TPSA) is 0 Å². The Morgan fingerprint density at radius 3 is 2.11 bits per heavy atom. The van der Waals surface area contributed by atoms with Gasteiger partial charge in [0.15, 0.2) is 0 Å². The molecule has 9 heavy (non-hydrogen) atoms. The zero-order valence-corrected chi connectivity index (χ0v) is 5.46. The second kappa shape index (κ2) is 3.03. The molecule has 7 heteroatoms. The molecule has 7 radical (unpaired) electrons. The molecule has 0 aliphatic carbocycles. The highest BCUT2D eigenvalue weighted by atomic mass is 13.7. The Morgan fingerprint density at radius 2 is 2.00 bits per heavy atom. The van der Waals surface area contributed by atoms with E-state index >= 15 is 0 Å². The smallest absolute Gasteiger partial charge is 0.0535 e. The molecule has 0 atom stereocenters. The Balaban J connectivity index is 2.27. The summed E-state index contributed by atoms with van der Waals surface area (Å²) >= 11 is 0. The van der Waals surface area contributed by atoms with Crippen LogP contribution in [0.25, 0.3) is 0 Å². The Kier molecular flexibility index (Phi) is 2.54. The van der Waals surface area contributed by atoms with Gasteiger partial charge in [-0.1, -0.05) is 12.6 Å². The summed E-state index contributed by atoms with van der Waals surface area (Å²) in [6.45, 7) is 0.917. The molecule has 0 aromatic carbocycles. The monoisotopic (exact) mass is 105 g/mol. The fourth-order valence-electron chi connectivity index (χ4n) is 1.27. The zero-order chi connectivity index (χ0) is 6.85. The summed E-state index contributed by atoms with van der Waals surface area (Å²) in [5.41, 5.74) is 0. The molecule has 33 valence electrons. The molecule has 1 rings (SSSR count). The maximum absolute atomic E-state index is 5.47. The van der Waals surface area contributed by atoms with E-state index in [1.54, 1.807) is 7.06 Å². The van der Waals surface area contributed by atoms with Crippen molar-refractivity contribution < 1.29 is 0 Å². The molecule has 0 aromatic heterocycles. The van der Waals surface area contributed by atoms with Crippen molar-refractivity contribution in [2.75, 3.05) is 0 Å². The minimum absolute atomic E-state index is 0.177. The van der Waals surface area contributed by atoms with Crippen molar-refractivity contribution in [3.8, 4) is 0 Å². The van der Waals surface area contributed by atoms with Gasteiger partial charge in [0, 0.05) is 36.7 Å². The van der Waals surface area contributed by atoms with Crippen molar-refractivity contribution in [1.29, 1.82) is 0 Å². The first-order chi connectivity index (χ1) is 4.25. The minimum atomic E-state index is -0.177. The fraction of sp³-hybridized carbons (Fsp3) is 1.00. The van der Waals surface area contributed by atoms with Crippen LogP contribution in [-0.2, 0) is 0 Å². The molecule has 1 fully saturated rings. The van der Waals surface area contributed by atoms with Gasteiger partial charge in [-0.05, 0) is 0 Å². The molecule has 1 heterocycles. The van der Waals surface area contributed by atoms with Crippen LogP contribution >= 0.6 is 0 Å². The van der Waals surface area contributed by atoms with Crippen molar-refractivity contribution in [3.05, 3.63) is 0 Å². The van der Waals surface area contributed by atoms with Crippen LogP contribution in [0.2, 0.25) is 12.6 Å². The van der Waals surface area contributed by atoms with Crippen LogP contribution in [-0.4, -0.2) is 49.6 Å². The third kappa shape index (κ3) is 1.47. The largest absolute Gasteiger partial charge is 0.0971 e. The van der Waals surface area contributed by atoms with Crippen LogP contribution in [0.15, 0.2) is 0 Å². The van der Waals surface area contributed by atoms with E-state index in [2.05, 4.69) is 0 Å². The molecule has 0 spiro atoms. The first-order valence-electron chi connectivity index (χ1n) is 3.32. The van der Waals surface area contributed by atoms with Crippen LogP contribution in [0.3, 0.4) is 0 Å². The SMILES string of the molecule is [B][B]B1CCB1B([B])[B]. The van der Waals surface area contributed by atoms with E-state index in [1.807, 2.05) is 0 Å². The summed E-state index contributed by atoms with van der Waals surface area (Å²) in [4.78, 5) is 0. The predicted octanol–water partition coefficient (Wildman–Crippen LogP) is -1.74. The molecule has 0 saturated carbocycles. The lowest BCUT2D eigenvalue weighted by atomic mass is 8.67. The van der Waals surface area contributed by atoms with Gasteiger partial charge in [-0.15, -0.1) is 0 Å². The molecule has 0 unspecified atom stereocenters. The van der Waals surface area contributed by atoms with E-state index < -0.39 is 0 Å². The van der Waals surface area contributed by atoms with Crippen molar-refractivity contribution in [2.24, 2.45) is 0 Å². The molecule has 0 bridgehead atoms. The third-order valence-electron chi connectivity index (χ3n) is 2.12. The summed E-state index contributed by atoms with van der Waals surface area (Å²) in [7, 11) is 18.0. The Hall–Kier alpha value is 0.455. The summed E-state index contributed by atoms with van der Waals surface area (Å²) in [5.74, 6) is 0. The molecule has 0 aromatic rings. The van der Waals surface area contributed by atoms with Gasteiger partial charge in [0.25, 0.3) is 0 Å². The summed E-state index contributed by atoms with van der Waals surface area (Å²) < 4.78 is 0. The molecular formula is C2H4B7. The molecule has 0 nitrogen and oxygen atoms in total. The highest BCUT2D eigenvalue weighted by molar-refractivity contribution is 7.80. The fourth-order valence-corrected chi connectivity index (χ4v) is 1.27. The van der Waals surface area contributed by atoms with Crippen LogP contribution in [0.4, 0.5) is 0 Å². The number of hydrogen-bond acceptors (Lipinski definition) is 0. The first kappa shape index (κ1) is 7.56. The number of hydrogen-bond donors (Lipinski definition) is 0. The first-order valence-corrected chi connectivity index (χ1v) is 3.32. The summed E-state index contributed by atoms with van der Waals surface area (Å²) in [6.07, 6.45) is 2.12. The van der Waals surface area contributed by atoms with Crippen LogP contribution < -0.4 is 0 Å². The zero-order valence-electron chi connectivity index (χ0n) is 5.46. The molecular weight excluding hydrogens is 99.7 g/mol. The number of rotatable bonds is 2. The maximum atomic E-state index is 5.47. The average Bonchev–Trinajstić information content (AvgIpc) is 1.61. The van der Waals surface area contributed by atoms with Crippen molar-refractivity contribution in [3.63, 3.8) is 0 Å². The minimum Gasteiger partial charge on any atom is -0.0971 e. The van der Waals surface area contributed by atoms with Crippen LogP contribution in [0.5, 0.6) is 0 Å². The Morgan fingerprint density at radius 1 is 1.33 bits per heavy atom. The average molecular weight is 104 g/mol. The standard InChI is InChI=1S/C2H4B7/c3-6-7-1-2-8(7)9(4)5/h1-2H2. The van der Waals surface area contributed by atoms with E-state index in [-0.39, 0.29) is 6.39 Å². The van der Waals surface area contributed by atoms with E-state index in [4.69, 9.17) is 23.2 Å². The highest BCUT2D eigenvalue weighted by Crippen LogP contribution is 2.18. The highest BCUT2D eigenvalue weighted by Gasteiger charge is 2.35. The lowest BCUT2D eigenvalue weighted by Crippen LogP contribution is -2.60. The van der Waals surface area contributed by atoms with Crippen molar-refractivity contribution >= 4 is 49.6 Å². The van der Waals surface area contributed by atoms with Crippen LogP contribution in [0, 0.1) is 0 Å². The van der Waals surface area contributed by atoms with Gasteiger partial charge in [0.2, 0.25) is 0 Å². The van der Waals surface area contributed by atoms with Gasteiger partial charge in [-0.2, -0.15) is 0 Å². The van der Waals surface area contributed by atoms with Gasteiger partial charge < -0.3 is 0 Å². The lowest BCUT2D eigenvalue weighted by molar-refractivity contribution is 1.37. The van der Waals surface area contributed by atoms with E-state index in [0.717, 1.165) is 12.6 Å². The van der Waals surface area contributed by atoms with Crippen molar-refractivity contribution in [1.82, 2.24) is 0 Å². The van der Waals surface area contributed by atoms with Gasteiger partial charge >= 0.3 is 0 Å². The lowest BCUT2D eigenvalue weighted by Gasteiger charge is -2.34. The van der Waals surface area contributed by atoms with E-state index in [9.17, 15) is 0 Å². The third-order valence-corrected chi connectivity index (χ3v) is 2.12. The maximum Gasteiger partial charge on any atom is 0.0535 e. The molecule has 0 N–H and O–H groups in total.